The Hall–Kier alpha value is -1.60. The average Bonchev–Trinajstić information content (AvgIpc) is 2.45. The van der Waals surface area contributed by atoms with Crippen molar-refractivity contribution in [1.82, 2.24) is 4.90 Å². The van der Waals surface area contributed by atoms with E-state index in [1.807, 2.05) is 18.2 Å². The number of rotatable bonds is 5. The van der Waals surface area contributed by atoms with Gasteiger partial charge in [-0.2, -0.15) is 0 Å². The van der Waals surface area contributed by atoms with E-state index in [2.05, 4.69) is 15.9 Å². The molecule has 1 aliphatic rings. The van der Waals surface area contributed by atoms with Crippen LogP contribution in [0.25, 0.3) is 0 Å². The van der Waals surface area contributed by atoms with Crippen LogP contribution in [0.5, 0.6) is 5.75 Å². The maximum absolute atomic E-state index is 12.1. The fourth-order valence-corrected chi connectivity index (χ4v) is 2.46. The van der Waals surface area contributed by atoms with E-state index in [1.54, 1.807) is 11.0 Å². The van der Waals surface area contributed by atoms with Crippen molar-refractivity contribution in [3.63, 3.8) is 0 Å². The number of aliphatic carboxylic acids is 1. The molecule has 1 aliphatic heterocycles. The molecule has 0 bridgehead atoms. The number of ether oxygens (including phenoxy) is 2. The van der Waals surface area contributed by atoms with Crippen LogP contribution >= 0.6 is 15.9 Å². The van der Waals surface area contributed by atoms with Crippen LogP contribution in [0.4, 0.5) is 0 Å². The highest BCUT2D eigenvalue weighted by atomic mass is 79.9. The average molecular weight is 358 g/mol. The molecule has 0 spiro atoms. The van der Waals surface area contributed by atoms with Gasteiger partial charge in [-0.15, -0.1) is 0 Å². The Kier molecular flexibility index (Phi) is 5.58. The molecule has 0 saturated carbocycles. The lowest BCUT2D eigenvalue weighted by Gasteiger charge is -2.32. The molecule has 0 aliphatic carbocycles. The van der Waals surface area contributed by atoms with E-state index in [9.17, 15) is 9.59 Å². The summed E-state index contributed by atoms with van der Waals surface area (Å²) in [7, 11) is 0. The van der Waals surface area contributed by atoms with Crippen molar-refractivity contribution in [2.24, 2.45) is 0 Å². The van der Waals surface area contributed by atoms with Gasteiger partial charge in [0, 0.05) is 13.1 Å². The lowest BCUT2D eigenvalue weighted by Crippen LogP contribution is -2.47. The fraction of sp³-hybridized carbons (Fsp3) is 0.429. The molecule has 1 aromatic rings. The molecule has 1 saturated heterocycles. The molecule has 6 nitrogen and oxygen atoms in total. The predicted molar refractivity (Wildman–Crippen MR) is 78.2 cm³/mol. The quantitative estimate of drug-likeness (QED) is 0.864. The van der Waals surface area contributed by atoms with Crippen molar-refractivity contribution >= 4 is 27.8 Å². The number of hydrogen-bond acceptors (Lipinski definition) is 4. The first-order chi connectivity index (χ1) is 10.1. The van der Waals surface area contributed by atoms with Gasteiger partial charge in [0.15, 0.2) is 6.61 Å². The van der Waals surface area contributed by atoms with Crippen LogP contribution in [0.2, 0.25) is 0 Å². The molecule has 1 fully saturated rings. The van der Waals surface area contributed by atoms with Gasteiger partial charge in [-0.05, 0) is 28.1 Å². The summed E-state index contributed by atoms with van der Waals surface area (Å²) < 4.78 is 11.6. The van der Waals surface area contributed by atoms with Crippen molar-refractivity contribution in [2.45, 2.75) is 12.5 Å². The molecule has 2 rings (SSSR count). The molecule has 114 valence electrons. The van der Waals surface area contributed by atoms with Crippen LogP contribution in [0, 0.1) is 0 Å². The Bertz CT molecular complexity index is 522. The summed E-state index contributed by atoms with van der Waals surface area (Å²) in [6.07, 6.45) is -0.557. The van der Waals surface area contributed by atoms with Crippen molar-refractivity contribution in [3.8, 4) is 5.75 Å². The monoisotopic (exact) mass is 357 g/mol. The Labute approximate surface area is 130 Å². The van der Waals surface area contributed by atoms with Crippen molar-refractivity contribution in [1.29, 1.82) is 0 Å². The third kappa shape index (κ3) is 4.71. The van der Waals surface area contributed by atoms with Gasteiger partial charge in [0.05, 0.1) is 23.6 Å². The molecule has 1 unspecified atom stereocenters. The van der Waals surface area contributed by atoms with E-state index in [0.29, 0.717) is 18.9 Å². The van der Waals surface area contributed by atoms with Crippen LogP contribution < -0.4 is 4.74 Å². The van der Waals surface area contributed by atoms with E-state index < -0.39 is 12.1 Å². The van der Waals surface area contributed by atoms with E-state index in [0.717, 1.165) is 4.47 Å². The molecule has 0 radical (unpaired) electrons. The first kappa shape index (κ1) is 15.8. The SMILES string of the molecule is O=C(O)CC1CN(C(=O)COc2ccccc2Br)CCO1. The molecule has 7 heteroatoms. The van der Waals surface area contributed by atoms with Crippen LogP contribution in [-0.4, -0.2) is 54.3 Å². The maximum atomic E-state index is 12.1. The largest absolute Gasteiger partial charge is 0.483 e. The summed E-state index contributed by atoms with van der Waals surface area (Å²) in [6, 6.07) is 7.28. The van der Waals surface area contributed by atoms with Gasteiger partial charge in [-0.3, -0.25) is 9.59 Å². The van der Waals surface area contributed by atoms with E-state index >= 15 is 0 Å². The van der Waals surface area contributed by atoms with Crippen molar-refractivity contribution < 1.29 is 24.2 Å². The number of amides is 1. The van der Waals surface area contributed by atoms with Gasteiger partial charge in [-0.25, -0.2) is 0 Å². The molecular weight excluding hydrogens is 342 g/mol. The first-order valence-electron chi connectivity index (χ1n) is 6.55. The van der Waals surface area contributed by atoms with Gasteiger partial charge in [0.1, 0.15) is 5.75 Å². The molecular formula is C14H16BrNO5. The van der Waals surface area contributed by atoms with Gasteiger partial charge < -0.3 is 19.5 Å². The van der Waals surface area contributed by atoms with Crippen molar-refractivity contribution in [3.05, 3.63) is 28.7 Å². The van der Waals surface area contributed by atoms with E-state index in [1.165, 1.54) is 0 Å². The third-order valence-corrected chi connectivity index (χ3v) is 3.74. The zero-order valence-corrected chi connectivity index (χ0v) is 12.9. The molecule has 1 heterocycles. The number of para-hydroxylation sites is 1. The lowest BCUT2D eigenvalue weighted by atomic mass is 10.2. The number of nitrogens with zero attached hydrogens (tertiary/aromatic N) is 1. The second kappa shape index (κ2) is 7.42. The first-order valence-corrected chi connectivity index (χ1v) is 7.34. The summed E-state index contributed by atoms with van der Waals surface area (Å²) in [5.74, 6) is -0.510. The summed E-state index contributed by atoms with van der Waals surface area (Å²) in [4.78, 5) is 24.4. The summed E-state index contributed by atoms with van der Waals surface area (Å²) in [5.41, 5.74) is 0. The van der Waals surface area contributed by atoms with Gasteiger partial charge in [0.25, 0.3) is 5.91 Å². The fourth-order valence-electron chi connectivity index (χ4n) is 2.06. The number of halogens is 1. The van der Waals surface area contributed by atoms with Gasteiger partial charge >= 0.3 is 5.97 Å². The molecule has 1 N–H and O–H groups in total. The van der Waals surface area contributed by atoms with E-state index in [-0.39, 0.29) is 25.5 Å². The lowest BCUT2D eigenvalue weighted by molar-refractivity contribution is -0.148. The minimum Gasteiger partial charge on any atom is -0.483 e. The molecule has 0 aromatic heterocycles. The highest BCUT2D eigenvalue weighted by Crippen LogP contribution is 2.23. The minimum atomic E-state index is -0.932. The molecule has 1 atom stereocenters. The van der Waals surface area contributed by atoms with Gasteiger partial charge in [-0.1, -0.05) is 12.1 Å². The highest BCUT2D eigenvalue weighted by molar-refractivity contribution is 9.10. The number of carboxylic acid groups (broad SMARTS) is 1. The third-order valence-electron chi connectivity index (χ3n) is 3.08. The van der Waals surface area contributed by atoms with Gasteiger partial charge in [0.2, 0.25) is 0 Å². The number of benzene rings is 1. The van der Waals surface area contributed by atoms with Crippen LogP contribution in [0.15, 0.2) is 28.7 Å². The summed E-state index contributed by atoms with van der Waals surface area (Å²) in [6.45, 7) is 1.000. The number of hydrogen-bond donors (Lipinski definition) is 1. The number of carboxylic acids is 1. The maximum Gasteiger partial charge on any atom is 0.306 e. The van der Waals surface area contributed by atoms with Crippen molar-refractivity contribution in [2.75, 3.05) is 26.3 Å². The predicted octanol–water partition coefficient (Wildman–Crippen LogP) is 1.53. The second-order valence-electron chi connectivity index (χ2n) is 4.65. The number of carbonyl (C=O) groups excluding carboxylic acids is 1. The Morgan fingerprint density at radius 3 is 2.90 bits per heavy atom. The Morgan fingerprint density at radius 2 is 2.19 bits per heavy atom. The Balaban J connectivity index is 1.85. The Morgan fingerprint density at radius 1 is 1.43 bits per heavy atom. The van der Waals surface area contributed by atoms with E-state index in [4.69, 9.17) is 14.6 Å². The minimum absolute atomic E-state index is 0.0809. The summed E-state index contributed by atoms with van der Waals surface area (Å²) >= 11 is 3.34. The molecule has 21 heavy (non-hydrogen) atoms. The second-order valence-corrected chi connectivity index (χ2v) is 5.50. The van der Waals surface area contributed by atoms with Crippen LogP contribution in [-0.2, 0) is 14.3 Å². The highest BCUT2D eigenvalue weighted by Gasteiger charge is 2.26. The van der Waals surface area contributed by atoms with Crippen LogP contribution in [0.1, 0.15) is 6.42 Å². The topological polar surface area (TPSA) is 76.1 Å². The normalized spacial score (nSPS) is 18.3. The smallest absolute Gasteiger partial charge is 0.306 e. The standard InChI is InChI=1S/C14H16BrNO5/c15-11-3-1-2-4-12(11)21-9-13(17)16-5-6-20-10(8-16)7-14(18)19/h1-4,10H,5-9H2,(H,18,19). The number of morpholine rings is 1. The van der Waals surface area contributed by atoms with Crippen LogP contribution in [0.3, 0.4) is 0 Å². The zero-order chi connectivity index (χ0) is 15.2. The molecule has 1 amide bonds. The molecule has 1 aromatic carbocycles. The number of carbonyl (C=O) groups is 2. The zero-order valence-electron chi connectivity index (χ0n) is 11.3. The summed E-state index contributed by atoms with van der Waals surface area (Å²) in [5, 5.41) is 8.76.